The van der Waals surface area contributed by atoms with Crippen LogP contribution in [0.2, 0.25) is 0 Å². The molecule has 2 N–H and O–H groups in total. The van der Waals surface area contributed by atoms with Crippen LogP contribution in [0.3, 0.4) is 0 Å². The van der Waals surface area contributed by atoms with Crippen LogP contribution in [0.1, 0.15) is 30.0 Å². The molecule has 5 rings (SSSR count). The second kappa shape index (κ2) is 6.16. The van der Waals surface area contributed by atoms with E-state index in [2.05, 4.69) is 19.9 Å². The number of fused-ring (bicyclic) bond motifs is 2. The van der Waals surface area contributed by atoms with Crippen LogP contribution in [0.5, 0.6) is 0 Å². The third-order valence-corrected chi connectivity index (χ3v) is 6.28. The predicted molar refractivity (Wildman–Crippen MR) is 107 cm³/mol. The SMILES string of the molecule is O=c1[nH]c2ccc(/C=N/NCC3=NS(=O)(=O)c4ccccc43)cc2n1C1CC1. The molecule has 1 saturated carbocycles. The summed E-state index contributed by atoms with van der Waals surface area (Å²) in [6, 6.07) is 12.7. The molecule has 8 nitrogen and oxygen atoms in total. The van der Waals surface area contributed by atoms with E-state index in [4.69, 9.17) is 0 Å². The Morgan fingerprint density at radius 2 is 2.07 bits per heavy atom. The number of rotatable bonds is 5. The first kappa shape index (κ1) is 16.9. The average molecular weight is 395 g/mol. The summed E-state index contributed by atoms with van der Waals surface area (Å²) in [7, 11) is -3.61. The van der Waals surface area contributed by atoms with Gasteiger partial charge in [-0.25, -0.2) is 4.79 Å². The summed E-state index contributed by atoms with van der Waals surface area (Å²) in [6.45, 7) is 0.200. The lowest BCUT2D eigenvalue weighted by Gasteiger charge is -2.02. The van der Waals surface area contributed by atoms with Gasteiger partial charge in [-0.15, -0.1) is 0 Å². The van der Waals surface area contributed by atoms with Crippen molar-refractivity contribution in [3.63, 3.8) is 0 Å². The smallest absolute Gasteiger partial charge is 0.306 e. The molecule has 0 atom stereocenters. The number of aromatic nitrogens is 2. The normalized spacial score (nSPS) is 17.8. The van der Waals surface area contributed by atoms with Gasteiger partial charge in [0.15, 0.2) is 0 Å². The molecule has 2 heterocycles. The maximum Gasteiger partial charge on any atom is 0.326 e. The zero-order valence-electron chi connectivity index (χ0n) is 14.8. The topological polar surface area (TPSA) is 109 Å². The van der Waals surface area contributed by atoms with Crippen LogP contribution in [0, 0.1) is 0 Å². The fraction of sp³-hybridized carbons (Fsp3) is 0.211. The maximum absolute atomic E-state index is 12.1. The summed E-state index contributed by atoms with van der Waals surface area (Å²) in [5.41, 5.74) is 6.34. The minimum atomic E-state index is -3.61. The van der Waals surface area contributed by atoms with Gasteiger partial charge in [-0.1, -0.05) is 24.3 Å². The summed E-state index contributed by atoms with van der Waals surface area (Å²) >= 11 is 0. The molecule has 0 saturated heterocycles. The Balaban J connectivity index is 1.34. The lowest BCUT2D eigenvalue weighted by Crippen LogP contribution is -2.18. The summed E-state index contributed by atoms with van der Waals surface area (Å²) in [5.74, 6) is 0. The molecule has 1 aromatic heterocycles. The predicted octanol–water partition coefficient (Wildman–Crippen LogP) is 1.78. The van der Waals surface area contributed by atoms with Crippen molar-refractivity contribution in [3.05, 3.63) is 64.1 Å². The van der Waals surface area contributed by atoms with E-state index in [9.17, 15) is 13.2 Å². The third-order valence-electron chi connectivity index (χ3n) is 4.91. The molecular weight excluding hydrogens is 378 g/mol. The number of imidazole rings is 1. The van der Waals surface area contributed by atoms with Gasteiger partial charge in [-0.3, -0.25) is 4.57 Å². The Morgan fingerprint density at radius 3 is 2.89 bits per heavy atom. The third kappa shape index (κ3) is 2.84. The number of nitrogens with zero attached hydrogens (tertiary/aromatic N) is 3. The van der Waals surface area contributed by atoms with E-state index >= 15 is 0 Å². The minimum Gasteiger partial charge on any atom is -0.306 e. The fourth-order valence-electron chi connectivity index (χ4n) is 3.46. The lowest BCUT2D eigenvalue weighted by molar-refractivity contribution is 0.599. The number of benzene rings is 2. The van der Waals surface area contributed by atoms with Gasteiger partial charge in [0.1, 0.15) is 0 Å². The monoisotopic (exact) mass is 395 g/mol. The van der Waals surface area contributed by atoms with Crippen molar-refractivity contribution in [2.45, 2.75) is 23.8 Å². The molecule has 2 aliphatic rings. The van der Waals surface area contributed by atoms with Gasteiger partial charge >= 0.3 is 5.69 Å². The van der Waals surface area contributed by atoms with Crippen molar-refractivity contribution in [1.29, 1.82) is 0 Å². The number of hydrazone groups is 1. The highest BCUT2D eigenvalue weighted by Crippen LogP contribution is 2.35. The maximum atomic E-state index is 12.1. The summed E-state index contributed by atoms with van der Waals surface area (Å²) in [4.78, 5) is 15.2. The number of sulfonamides is 1. The molecule has 2 aromatic carbocycles. The Morgan fingerprint density at radius 1 is 1.25 bits per heavy atom. The van der Waals surface area contributed by atoms with Gasteiger partial charge in [-0.2, -0.15) is 17.9 Å². The van der Waals surface area contributed by atoms with Gasteiger partial charge in [0, 0.05) is 11.6 Å². The molecule has 1 aliphatic carbocycles. The summed E-state index contributed by atoms with van der Waals surface area (Å²) < 4.78 is 29.7. The van der Waals surface area contributed by atoms with Crippen molar-refractivity contribution < 1.29 is 8.42 Å². The molecule has 9 heteroatoms. The highest BCUT2D eigenvalue weighted by atomic mass is 32.2. The standard InChI is InChI=1S/C19H17N5O3S/c25-19-22-15-8-5-12(9-17(15)24(19)13-6-7-13)10-20-21-11-16-14-3-1-2-4-18(14)28(26,27)23-16/h1-5,8-10,13,21H,6-7,11H2,(H,22,25)/b20-10+. The number of aromatic amines is 1. The quantitative estimate of drug-likeness (QED) is 0.507. The van der Waals surface area contributed by atoms with Gasteiger partial charge < -0.3 is 10.4 Å². The van der Waals surface area contributed by atoms with Crippen molar-refractivity contribution in [2.24, 2.45) is 9.50 Å². The zero-order valence-corrected chi connectivity index (χ0v) is 15.6. The first-order valence-corrected chi connectivity index (χ1v) is 10.4. The average Bonchev–Trinajstić information content (AvgIpc) is 3.40. The van der Waals surface area contributed by atoms with Crippen LogP contribution in [0.4, 0.5) is 0 Å². The first-order chi connectivity index (χ1) is 13.5. The van der Waals surface area contributed by atoms with E-state index in [0.29, 0.717) is 11.3 Å². The number of hydrogen-bond acceptors (Lipinski definition) is 5. The van der Waals surface area contributed by atoms with Crippen LogP contribution in [-0.2, 0) is 10.0 Å². The van der Waals surface area contributed by atoms with E-state index in [1.165, 1.54) is 0 Å². The molecule has 28 heavy (non-hydrogen) atoms. The lowest BCUT2D eigenvalue weighted by atomic mass is 10.1. The molecule has 0 unspecified atom stereocenters. The zero-order chi connectivity index (χ0) is 19.3. The fourth-order valence-corrected chi connectivity index (χ4v) is 4.72. The molecule has 142 valence electrons. The molecule has 0 spiro atoms. The Labute approximate surface area is 160 Å². The molecule has 3 aromatic rings. The second-order valence-corrected chi connectivity index (χ2v) is 8.48. The van der Waals surface area contributed by atoms with E-state index in [1.807, 2.05) is 18.2 Å². The Hall–Kier alpha value is -3.20. The van der Waals surface area contributed by atoms with Crippen LogP contribution in [-0.4, -0.2) is 36.4 Å². The van der Waals surface area contributed by atoms with Crippen molar-refractivity contribution in [2.75, 3.05) is 6.54 Å². The van der Waals surface area contributed by atoms with Crippen molar-refractivity contribution in [1.82, 2.24) is 15.0 Å². The largest absolute Gasteiger partial charge is 0.326 e. The van der Waals surface area contributed by atoms with Gasteiger partial charge in [0.25, 0.3) is 10.0 Å². The first-order valence-electron chi connectivity index (χ1n) is 8.96. The molecule has 0 amide bonds. The van der Waals surface area contributed by atoms with Crippen molar-refractivity contribution >= 4 is 33.0 Å². The van der Waals surface area contributed by atoms with E-state index in [1.54, 1.807) is 35.0 Å². The molecular formula is C19H17N5O3S. The van der Waals surface area contributed by atoms with Gasteiger partial charge in [-0.05, 0) is 36.6 Å². The number of hydrogen-bond donors (Lipinski definition) is 2. The molecule has 1 aliphatic heterocycles. The Kier molecular flexibility index (Phi) is 3.73. The van der Waals surface area contributed by atoms with Crippen LogP contribution < -0.4 is 11.1 Å². The van der Waals surface area contributed by atoms with E-state index < -0.39 is 10.0 Å². The minimum absolute atomic E-state index is 0.0798. The number of nitrogens with one attached hydrogen (secondary N) is 2. The van der Waals surface area contributed by atoms with Crippen LogP contribution >= 0.6 is 0 Å². The van der Waals surface area contributed by atoms with Crippen LogP contribution in [0.15, 0.2) is 61.7 Å². The van der Waals surface area contributed by atoms with Crippen molar-refractivity contribution in [3.8, 4) is 0 Å². The molecule has 0 radical (unpaired) electrons. The highest BCUT2D eigenvalue weighted by Gasteiger charge is 2.28. The van der Waals surface area contributed by atoms with Crippen LogP contribution in [0.25, 0.3) is 11.0 Å². The Bertz CT molecular complexity index is 1310. The van der Waals surface area contributed by atoms with E-state index in [-0.39, 0.29) is 23.2 Å². The second-order valence-electron chi connectivity index (χ2n) is 6.91. The van der Waals surface area contributed by atoms with Gasteiger partial charge in [0.05, 0.1) is 34.4 Å². The van der Waals surface area contributed by atoms with E-state index in [0.717, 1.165) is 29.4 Å². The summed E-state index contributed by atoms with van der Waals surface area (Å²) in [6.07, 6.45) is 3.70. The van der Waals surface area contributed by atoms with Gasteiger partial charge in [0.2, 0.25) is 0 Å². The summed E-state index contributed by atoms with van der Waals surface area (Å²) in [5, 5.41) is 4.18. The highest BCUT2D eigenvalue weighted by molar-refractivity contribution is 7.90. The molecule has 1 fully saturated rings. The number of H-pyrrole nitrogens is 1. The molecule has 0 bridgehead atoms.